The Morgan fingerprint density at radius 3 is 2.59 bits per heavy atom. The lowest BCUT2D eigenvalue weighted by molar-refractivity contribution is 0.568. The first kappa shape index (κ1) is 21.9. The number of nitrogens with zero attached hydrogens (tertiary/aromatic N) is 3. The molecule has 4 aromatic rings. The Labute approximate surface area is 189 Å². The van der Waals surface area contributed by atoms with Crippen LogP contribution in [0.4, 0.5) is 20.4 Å². The molecule has 0 fully saturated rings. The third-order valence-electron chi connectivity index (χ3n) is 4.40. The van der Waals surface area contributed by atoms with Crippen LogP contribution in [0.5, 0.6) is 0 Å². The molecule has 0 bridgehead atoms. The zero-order chi connectivity index (χ0) is 23.2. The summed E-state index contributed by atoms with van der Waals surface area (Å²) in [6.45, 7) is 0. The quantitative estimate of drug-likeness (QED) is 0.442. The minimum absolute atomic E-state index is 0.0443. The van der Waals surface area contributed by atoms with Crippen LogP contribution in [0.1, 0.15) is 0 Å². The molecular formula is C19H11Cl2F2N5O3S. The average molecular weight is 498 g/mol. The fraction of sp³-hybridized carbons (Fsp3) is 0. The molecule has 0 atom stereocenters. The van der Waals surface area contributed by atoms with E-state index in [1.54, 1.807) is 0 Å². The fourth-order valence-corrected chi connectivity index (χ4v) is 4.77. The number of nitrogen functional groups attached to an aromatic ring is 1. The maximum Gasteiger partial charge on any atom is 0.266 e. The van der Waals surface area contributed by atoms with Crippen LogP contribution in [0.3, 0.4) is 0 Å². The van der Waals surface area contributed by atoms with Gasteiger partial charge in [-0.1, -0.05) is 23.2 Å². The molecule has 0 spiro atoms. The number of nitrogens with one attached hydrogen (secondary N) is 1. The minimum Gasteiger partial charge on any atom is -0.368 e. The highest BCUT2D eigenvalue weighted by atomic mass is 35.5. The van der Waals surface area contributed by atoms with E-state index in [0.717, 1.165) is 30.6 Å². The highest BCUT2D eigenvalue weighted by Gasteiger charge is 2.24. The summed E-state index contributed by atoms with van der Waals surface area (Å²) in [7, 11) is -4.40. The number of rotatable bonds is 4. The lowest BCUT2D eigenvalue weighted by Gasteiger charge is -2.14. The second kappa shape index (κ2) is 8.01. The van der Waals surface area contributed by atoms with E-state index in [-0.39, 0.29) is 26.9 Å². The van der Waals surface area contributed by atoms with Gasteiger partial charge in [-0.15, -0.1) is 0 Å². The third kappa shape index (κ3) is 3.85. The SMILES string of the molecule is Nc1ncc2c(=O)n(-c3c(F)ccc(NS(=O)(=O)c4cc(Cl)ccc4Cl)c3F)ccc2n1. The van der Waals surface area contributed by atoms with Crippen LogP contribution < -0.4 is 16.0 Å². The summed E-state index contributed by atoms with van der Waals surface area (Å²) in [4.78, 5) is 20.0. The highest BCUT2D eigenvalue weighted by Crippen LogP contribution is 2.30. The molecule has 0 aliphatic carbocycles. The molecule has 2 aromatic carbocycles. The van der Waals surface area contributed by atoms with Crippen molar-refractivity contribution in [1.82, 2.24) is 14.5 Å². The summed E-state index contributed by atoms with van der Waals surface area (Å²) in [5, 5.41) is -0.118. The Hall–Kier alpha value is -3.28. The van der Waals surface area contributed by atoms with Crippen molar-refractivity contribution in [2.75, 3.05) is 10.5 Å². The van der Waals surface area contributed by atoms with Gasteiger partial charge < -0.3 is 5.73 Å². The van der Waals surface area contributed by atoms with E-state index in [1.165, 1.54) is 18.2 Å². The largest absolute Gasteiger partial charge is 0.368 e. The van der Waals surface area contributed by atoms with E-state index in [9.17, 15) is 17.6 Å². The van der Waals surface area contributed by atoms with Crippen molar-refractivity contribution in [2.24, 2.45) is 0 Å². The standard InChI is InChI=1S/C19H11Cl2F2N5O3S/c20-9-1-2-11(21)15(7-9)32(30,31)27-14-4-3-12(22)17(16(14)23)28-6-5-13-10(18(28)29)8-25-19(24)26-13/h1-8,27H,(H2,24,25,26). The number of benzene rings is 2. The number of aromatic nitrogens is 3. The van der Waals surface area contributed by atoms with Gasteiger partial charge in [-0.2, -0.15) is 0 Å². The average Bonchev–Trinajstić information content (AvgIpc) is 2.73. The van der Waals surface area contributed by atoms with Crippen molar-refractivity contribution in [3.05, 3.63) is 80.8 Å². The van der Waals surface area contributed by atoms with E-state index in [4.69, 9.17) is 28.9 Å². The Morgan fingerprint density at radius 2 is 1.84 bits per heavy atom. The summed E-state index contributed by atoms with van der Waals surface area (Å²) in [6, 6.07) is 6.72. The van der Waals surface area contributed by atoms with Gasteiger partial charge >= 0.3 is 0 Å². The lowest BCUT2D eigenvalue weighted by Crippen LogP contribution is -2.22. The van der Waals surface area contributed by atoms with Crippen molar-refractivity contribution in [1.29, 1.82) is 0 Å². The van der Waals surface area contributed by atoms with Crippen molar-refractivity contribution < 1.29 is 17.2 Å². The predicted octanol–water partition coefficient (Wildman–Crippen LogP) is 3.75. The summed E-state index contributed by atoms with van der Waals surface area (Å²) in [5.41, 5.74) is 3.41. The smallest absolute Gasteiger partial charge is 0.266 e. The molecule has 0 saturated heterocycles. The molecule has 8 nitrogen and oxygen atoms in total. The summed E-state index contributed by atoms with van der Waals surface area (Å²) < 4.78 is 57.9. The lowest BCUT2D eigenvalue weighted by atomic mass is 10.2. The second-order valence-corrected chi connectivity index (χ2v) is 8.95. The van der Waals surface area contributed by atoms with Gasteiger partial charge in [0.15, 0.2) is 5.82 Å². The predicted molar refractivity (Wildman–Crippen MR) is 117 cm³/mol. The number of hydrogen-bond acceptors (Lipinski definition) is 6. The van der Waals surface area contributed by atoms with Gasteiger partial charge in [-0.25, -0.2) is 27.2 Å². The van der Waals surface area contributed by atoms with Crippen LogP contribution in [-0.4, -0.2) is 23.0 Å². The topological polar surface area (TPSA) is 120 Å². The van der Waals surface area contributed by atoms with Gasteiger partial charge in [0.05, 0.1) is 21.6 Å². The van der Waals surface area contributed by atoms with Crippen molar-refractivity contribution in [2.45, 2.75) is 4.90 Å². The second-order valence-electron chi connectivity index (χ2n) is 6.46. The Morgan fingerprint density at radius 1 is 1.09 bits per heavy atom. The van der Waals surface area contributed by atoms with Crippen molar-refractivity contribution in [3.8, 4) is 5.69 Å². The molecule has 0 amide bonds. The van der Waals surface area contributed by atoms with Gasteiger partial charge in [0.1, 0.15) is 16.4 Å². The minimum atomic E-state index is -4.40. The number of hydrogen-bond donors (Lipinski definition) is 2. The van der Waals surface area contributed by atoms with Crippen molar-refractivity contribution >= 4 is 55.8 Å². The van der Waals surface area contributed by atoms with Gasteiger partial charge in [0.2, 0.25) is 5.95 Å². The molecule has 0 saturated carbocycles. The summed E-state index contributed by atoms with van der Waals surface area (Å²) in [6.07, 6.45) is 2.21. The van der Waals surface area contributed by atoms with E-state index in [1.807, 2.05) is 4.72 Å². The first-order chi connectivity index (χ1) is 15.1. The van der Waals surface area contributed by atoms with E-state index < -0.39 is 43.5 Å². The first-order valence-corrected chi connectivity index (χ1v) is 10.9. The Kier molecular flexibility index (Phi) is 5.49. The van der Waals surface area contributed by atoms with Gasteiger partial charge in [0, 0.05) is 17.4 Å². The Bertz CT molecular complexity index is 1560. The van der Waals surface area contributed by atoms with E-state index >= 15 is 4.39 Å². The molecule has 3 N–H and O–H groups in total. The number of sulfonamides is 1. The molecule has 32 heavy (non-hydrogen) atoms. The number of fused-ring (bicyclic) bond motifs is 1. The molecule has 164 valence electrons. The number of pyridine rings is 1. The molecule has 13 heteroatoms. The molecule has 2 aromatic heterocycles. The summed E-state index contributed by atoms with van der Waals surface area (Å²) >= 11 is 11.8. The Balaban J connectivity index is 1.85. The van der Waals surface area contributed by atoms with Crippen molar-refractivity contribution in [3.63, 3.8) is 0 Å². The third-order valence-corrected chi connectivity index (χ3v) is 6.48. The van der Waals surface area contributed by atoms with Crippen LogP contribution in [0.25, 0.3) is 16.6 Å². The highest BCUT2D eigenvalue weighted by molar-refractivity contribution is 7.92. The molecule has 2 heterocycles. The molecule has 0 radical (unpaired) electrons. The van der Waals surface area contributed by atoms with Gasteiger partial charge in [-0.05, 0) is 36.4 Å². The molecule has 4 rings (SSSR count). The van der Waals surface area contributed by atoms with Crippen LogP contribution >= 0.6 is 23.2 Å². The van der Waals surface area contributed by atoms with Crippen LogP contribution in [0.2, 0.25) is 10.0 Å². The summed E-state index contributed by atoms with van der Waals surface area (Å²) in [5.74, 6) is -2.52. The van der Waals surface area contributed by atoms with Gasteiger partial charge in [0.25, 0.3) is 15.6 Å². The molecule has 0 unspecified atom stereocenters. The zero-order valence-corrected chi connectivity index (χ0v) is 18.0. The van der Waals surface area contributed by atoms with Crippen LogP contribution in [0, 0.1) is 11.6 Å². The number of nitrogens with two attached hydrogens (primary N) is 1. The maximum absolute atomic E-state index is 15.3. The van der Waals surface area contributed by atoms with E-state index in [2.05, 4.69) is 9.97 Å². The molecule has 0 aliphatic heterocycles. The first-order valence-electron chi connectivity index (χ1n) is 8.68. The zero-order valence-electron chi connectivity index (χ0n) is 15.7. The monoisotopic (exact) mass is 497 g/mol. The van der Waals surface area contributed by atoms with Crippen LogP contribution in [-0.2, 0) is 10.0 Å². The van der Waals surface area contributed by atoms with E-state index in [0.29, 0.717) is 4.57 Å². The van der Waals surface area contributed by atoms with Gasteiger partial charge in [-0.3, -0.25) is 14.1 Å². The normalized spacial score (nSPS) is 11.6. The number of anilines is 2. The van der Waals surface area contributed by atoms with Crippen LogP contribution in [0.15, 0.2) is 58.5 Å². The molecular weight excluding hydrogens is 487 g/mol. The fourth-order valence-electron chi connectivity index (χ4n) is 2.94. The maximum atomic E-state index is 15.3. The molecule has 0 aliphatic rings. The number of halogens is 4.